The van der Waals surface area contributed by atoms with E-state index in [-0.39, 0.29) is 17.5 Å². The predicted molar refractivity (Wildman–Crippen MR) is 77.6 cm³/mol. The zero-order valence-corrected chi connectivity index (χ0v) is 12.4. The minimum atomic E-state index is -0.952. The van der Waals surface area contributed by atoms with E-state index in [0.29, 0.717) is 12.8 Å². The summed E-state index contributed by atoms with van der Waals surface area (Å²) in [6, 6.07) is 3.71. The van der Waals surface area contributed by atoms with E-state index in [9.17, 15) is 19.4 Å². The number of hydrogen-bond acceptors (Lipinski definition) is 3. The molecule has 1 aromatic rings. The van der Waals surface area contributed by atoms with E-state index in [4.69, 9.17) is 0 Å². The molecule has 0 saturated heterocycles. The van der Waals surface area contributed by atoms with E-state index < -0.39 is 23.1 Å². The Hall–Kier alpha value is -1.62. The molecule has 0 aromatic heterocycles. The summed E-state index contributed by atoms with van der Waals surface area (Å²) in [5.74, 6) is -1.88. The van der Waals surface area contributed by atoms with E-state index >= 15 is 0 Å². The molecule has 5 heteroatoms. The first-order chi connectivity index (χ1) is 9.72. The number of aromatic hydroxyl groups is 1. The van der Waals surface area contributed by atoms with Gasteiger partial charge in [-0.3, -0.25) is 4.79 Å². The van der Waals surface area contributed by atoms with E-state index in [1.165, 1.54) is 12.1 Å². The fourth-order valence-electron chi connectivity index (χ4n) is 2.64. The molecular formula is C16H22FNO3. The third-order valence-corrected chi connectivity index (χ3v) is 4.33. The molecule has 1 saturated carbocycles. The van der Waals surface area contributed by atoms with Crippen LogP contribution in [-0.2, 0) is 0 Å². The first-order valence-corrected chi connectivity index (χ1v) is 7.21. The number of rotatable bonds is 3. The lowest BCUT2D eigenvalue weighted by Crippen LogP contribution is -2.46. The number of halogens is 1. The van der Waals surface area contributed by atoms with Crippen LogP contribution in [-0.4, -0.2) is 28.3 Å². The minimum absolute atomic E-state index is 0.0652. The standard InChI is InChI=1S/C16H22FNO3/c1-15(2)6-8-16(21,9-7-15)10-18-14(20)13-11(17)4-3-5-12(13)19/h3-5,19,21H,6-10H2,1-2H3,(H,18,20). The van der Waals surface area contributed by atoms with Crippen LogP contribution in [0.4, 0.5) is 4.39 Å². The second kappa shape index (κ2) is 5.64. The Morgan fingerprint density at radius 2 is 1.90 bits per heavy atom. The van der Waals surface area contributed by atoms with Crippen LogP contribution in [0.15, 0.2) is 18.2 Å². The molecule has 0 radical (unpaired) electrons. The Labute approximate surface area is 124 Å². The molecule has 21 heavy (non-hydrogen) atoms. The lowest BCUT2D eigenvalue weighted by atomic mass is 9.71. The van der Waals surface area contributed by atoms with Crippen LogP contribution in [0.3, 0.4) is 0 Å². The SMILES string of the molecule is CC1(C)CCC(O)(CNC(=O)c2c(O)cccc2F)CC1. The zero-order valence-electron chi connectivity index (χ0n) is 12.4. The molecule has 1 amide bonds. The second-order valence-electron chi connectivity index (χ2n) is 6.71. The number of phenols is 1. The number of carbonyl (C=O) groups excluding carboxylic acids is 1. The summed E-state index contributed by atoms with van der Waals surface area (Å²) in [6.07, 6.45) is 2.96. The molecule has 0 heterocycles. The summed E-state index contributed by atoms with van der Waals surface area (Å²) in [5.41, 5.74) is -1.12. The summed E-state index contributed by atoms with van der Waals surface area (Å²) >= 11 is 0. The van der Waals surface area contributed by atoms with Gasteiger partial charge in [-0.15, -0.1) is 0 Å². The highest BCUT2D eigenvalue weighted by atomic mass is 19.1. The lowest BCUT2D eigenvalue weighted by Gasteiger charge is -2.40. The van der Waals surface area contributed by atoms with Gasteiger partial charge in [-0.2, -0.15) is 0 Å². The summed E-state index contributed by atoms with van der Waals surface area (Å²) in [6.45, 7) is 4.38. The van der Waals surface area contributed by atoms with Crippen molar-refractivity contribution in [2.75, 3.05) is 6.54 Å². The topological polar surface area (TPSA) is 69.6 Å². The van der Waals surface area contributed by atoms with Crippen LogP contribution >= 0.6 is 0 Å². The van der Waals surface area contributed by atoms with Gasteiger partial charge in [0.05, 0.1) is 5.60 Å². The Morgan fingerprint density at radius 3 is 2.48 bits per heavy atom. The highest BCUT2D eigenvalue weighted by molar-refractivity contribution is 5.97. The van der Waals surface area contributed by atoms with Crippen LogP contribution in [0.2, 0.25) is 0 Å². The van der Waals surface area contributed by atoms with Crippen molar-refractivity contribution < 1.29 is 19.4 Å². The lowest BCUT2D eigenvalue weighted by molar-refractivity contribution is -0.0233. The average molecular weight is 295 g/mol. The molecule has 0 aliphatic heterocycles. The summed E-state index contributed by atoms with van der Waals surface area (Å²) in [4.78, 5) is 12.0. The van der Waals surface area contributed by atoms with Crippen molar-refractivity contribution in [1.29, 1.82) is 0 Å². The van der Waals surface area contributed by atoms with Crippen LogP contribution in [0.25, 0.3) is 0 Å². The van der Waals surface area contributed by atoms with Crippen molar-refractivity contribution in [1.82, 2.24) is 5.32 Å². The smallest absolute Gasteiger partial charge is 0.258 e. The number of benzene rings is 1. The number of amides is 1. The molecule has 1 aromatic carbocycles. The molecular weight excluding hydrogens is 273 g/mol. The Morgan fingerprint density at radius 1 is 1.29 bits per heavy atom. The predicted octanol–water partition coefficient (Wildman–Crippen LogP) is 2.59. The molecule has 0 spiro atoms. The fourth-order valence-corrected chi connectivity index (χ4v) is 2.64. The highest BCUT2D eigenvalue weighted by Gasteiger charge is 2.37. The maximum atomic E-state index is 13.6. The van der Waals surface area contributed by atoms with Gasteiger partial charge in [0, 0.05) is 6.54 Å². The Balaban J connectivity index is 1.99. The molecule has 0 bridgehead atoms. The molecule has 1 aliphatic rings. The largest absolute Gasteiger partial charge is 0.507 e. The van der Waals surface area contributed by atoms with Gasteiger partial charge in [-0.1, -0.05) is 19.9 Å². The van der Waals surface area contributed by atoms with Gasteiger partial charge in [0.1, 0.15) is 17.1 Å². The summed E-state index contributed by atoms with van der Waals surface area (Å²) < 4.78 is 13.6. The van der Waals surface area contributed by atoms with Crippen LogP contribution in [0, 0.1) is 11.2 Å². The van der Waals surface area contributed by atoms with Gasteiger partial charge in [0.2, 0.25) is 0 Å². The fraction of sp³-hybridized carbons (Fsp3) is 0.562. The number of nitrogens with one attached hydrogen (secondary N) is 1. The van der Waals surface area contributed by atoms with E-state index in [1.54, 1.807) is 0 Å². The Bertz CT molecular complexity index is 512. The van der Waals surface area contributed by atoms with Crippen molar-refractivity contribution >= 4 is 5.91 Å². The van der Waals surface area contributed by atoms with Gasteiger partial charge >= 0.3 is 0 Å². The van der Waals surface area contributed by atoms with Gasteiger partial charge in [0.25, 0.3) is 5.91 Å². The highest BCUT2D eigenvalue weighted by Crippen LogP contribution is 2.39. The van der Waals surface area contributed by atoms with Crippen molar-refractivity contribution in [3.8, 4) is 5.75 Å². The average Bonchev–Trinajstić information content (AvgIpc) is 2.41. The molecule has 3 N–H and O–H groups in total. The molecule has 1 aliphatic carbocycles. The first-order valence-electron chi connectivity index (χ1n) is 7.21. The van der Waals surface area contributed by atoms with Crippen LogP contribution in [0.5, 0.6) is 5.75 Å². The molecule has 4 nitrogen and oxygen atoms in total. The quantitative estimate of drug-likeness (QED) is 0.803. The summed E-state index contributed by atoms with van der Waals surface area (Å²) in [7, 11) is 0. The third-order valence-electron chi connectivity index (χ3n) is 4.33. The normalized spacial score (nSPS) is 20.0. The second-order valence-corrected chi connectivity index (χ2v) is 6.71. The molecule has 1 fully saturated rings. The van der Waals surface area contributed by atoms with Gasteiger partial charge in [0.15, 0.2) is 0 Å². The van der Waals surface area contributed by atoms with E-state index in [2.05, 4.69) is 19.2 Å². The Kier molecular flexibility index (Phi) is 4.23. The number of carbonyl (C=O) groups is 1. The molecule has 2 rings (SSSR count). The number of hydrogen-bond donors (Lipinski definition) is 3. The van der Waals surface area contributed by atoms with E-state index in [0.717, 1.165) is 18.9 Å². The van der Waals surface area contributed by atoms with Crippen molar-refractivity contribution in [2.24, 2.45) is 5.41 Å². The van der Waals surface area contributed by atoms with Gasteiger partial charge in [-0.25, -0.2) is 4.39 Å². The van der Waals surface area contributed by atoms with Crippen LogP contribution in [0.1, 0.15) is 49.9 Å². The van der Waals surface area contributed by atoms with Gasteiger partial charge < -0.3 is 15.5 Å². The third kappa shape index (κ3) is 3.73. The van der Waals surface area contributed by atoms with E-state index in [1.807, 2.05) is 0 Å². The monoisotopic (exact) mass is 295 g/mol. The number of phenolic OH excluding ortho intramolecular Hbond substituents is 1. The molecule has 116 valence electrons. The molecule has 0 unspecified atom stereocenters. The number of aliphatic hydroxyl groups is 1. The van der Waals surface area contributed by atoms with Gasteiger partial charge in [-0.05, 0) is 43.2 Å². The van der Waals surface area contributed by atoms with Crippen LogP contribution < -0.4 is 5.32 Å². The molecule has 0 atom stereocenters. The summed E-state index contributed by atoms with van der Waals surface area (Å²) in [5, 5.41) is 22.6. The van der Waals surface area contributed by atoms with Crippen molar-refractivity contribution in [3.63, 3.8) is 0 Å². The maximum absolute atomic E-state index is 13.6. The van der Waals surface area contributed by atoms with Crippen molar-refractivity contribution in [2.45, 2.75) is 45.1 Å². The maximum Gasteiger partial charge on any atom is 0.258 e. The minimum Gasteiger partial charge on any atom is -0.507 e. The van der Waals surface area contributed by atoms with Crippen molar-refractivity contribution in [3.05, 3.63) is 29.6 Å². The first kappa shape index (κ1) is 15.8. The zero-order chi connectivity index (χ0) is 15.7.